The Labute approximate surface area is 139 Å². The lowest BCUT2D eigenvalue weighted by molar-refractivity contribution is 0.0738. The van der Waals surface area contributed by atoms with Crippen molar-refractivity contribution in [2.24, 2.45) is 5.73 Å². The van der Waals surface area contributed by atoms with Crippen molar-refractivity contribution >= 4 is 6.09 Å². The topological polar surface area (TPSA) is 58.8 Å². The first kappa shape index (κ1) is 17.8. The van der Waals surface area contributed by atoms with Gasteiger partial charge in [-0.15, -0.1) is 0 Å². The van der Waals surface area contributed by atoms with Crippen LogP contribution in [0.2, 0.25) is 0 Å². The van der Waals surface area contributed by atoms with Crippen molar-refractivity contribution in [3.63, 3.8) is 0 Å². The first-order chi connectivity index (χ1) is 11.1. The maximum Gasteiger partial charge on any atom is 0.410 e. The summed E-state index contributed by atoms with van der Waals surface area (Å²) in [4.78, 5) is 16.7. The molecule has 2 N–H and O–H groups in total. The predicted molar refractivity (Wildman–Crippen MR) is 92.1 cm³/mol. The molecule has 0 saturated carbocycles. The second-order valence-corrected chi connectivity index (χ2v) is 6.41. The normalized spacial score (nSPS) is 18.3. The van der Waals surface area contributed by atoms with E-state index in [1.54, 1.807) is 0 Å². The van der Waals surface area contributed by atoms with E-state index in [1.807, 2.05) is 49.1 Å². The molecule has 1 aromatic carbocycles. The molecule has 23 heavy (non-hydrogen) atoms. The number of hydrogen-bond acceptors (Lipinski definition) is 4. The SMILES string of the molecule is CC(C)N(C[C@H]1CCCN1CCN)C(=O)OCc1ccccc1. The standard InChI is InChI=1S/C18H29N3O2/c1-15(2)21(13-17-9-6-11-20(17)12-10-19)18(22)23-14-16-7-4-3-5-8-16/h3-5,7-8,15,17H,6,9-14,19H2,1-2H3/t17-/m1/s1. The molecule has 128 valence electrons. The van der Waals surface area contributed by atoms with Crippen LogP contribution in [0.15, 0.2) is 30.3 Å². The van der Waals surface area contributed by atoms with Crippen LogP contribution in [0.3, 0.4) is 0 Å². The van der Waals surface area contributed by atoms with E-state index >= 15 is 0 Å². The highest BCUT2D eigenvalue weighted by Gasteiger charge is 2.29. The van der Waals surface area contributed by atoms with Crippen LogP contribution in [0.25, 0.3) is 0 Å². The summed E-state index contributed by atoms with van der Waals surface area (Å²) in [6.07, 6.45) is 2.06. The molecule has 0 bridgehead atoms. The van der Waals surface area contributed by atoms with E-state index in [1.165, 1.54) is 6.42 Å². The third kappa shape index (κ3) is 5.22. The van der Waals surface area contributed by atoms with Gasteiger partial charge in [-0.05, 0) is 38.8 Å². The summed E-state index contributed by atoms with van der Waals surface area (Å²) < 4.78 is 5.50. The Hall–Kier alpha value is -1.59. The summed E-state index contributed by atoms with van der Waals surface area (Å²) in [5, 5.41) is 0. The minimum atomic E-state index is -0.233. The largest absolute Gasteiger partial charge is 0.445 e. The number of nitrogens with two attached hydrogens (primary N) is 1. The number of rotatable bonds is 7. The lowest BCUT2D eigenvalue weighted by Crippen LogP contribution is -2.47. The Morgan fingerprint density at radius 1 is 1.39 bits per heavy atom. The van der Waals surface area contributed by atoms with Gasteiger partial charge in [0, 0.05) is 31.7 Å². The van der Waals surface area contributed by atoms with Gasteiger partial charge in [-0.1, -0.05) is 30.3 Å². The van der Waals surface area contributed by atoms with Crippen LogP contribution >= 0.6 is 0 Å². The summed E-state index contributed by atoms with van der Waals surface area (Å²) in [6, 6.07) is 10.3. The van der Waals surface area contributed by atoms with Gasteiger partial charge in [-0.2, -0.15) is 0 Å². The number of nitrogens with zero attached hydrogens (tertiary/aromatic N) is 2. The molecule has 1 fully saturated rings. The average molecular weight is 319 g/mol. The maximum atomic E-state index is 12.5. The van der Waals surface area contributed by atoms with Crippen molar-refractivity contribution in [1.29, 1.82) is 0 Å². The monoisotopic (exact) mass is 319 g/mol. The number of ether oxygens (including phenoxy) is 1. The van der Waals surface area contributed by atoms with Crippen molar-refractivity contribution in [1.82, 2.24) is 9.80 Å². The Morgan fingerprint density at radius 3 is 2.78 bits per heavy atom. The fraction of sp³-hybridized carbons (Fsp3) is 0.611. The molecule has 1 aliphatic rings. The Morgan fingerprint density at radius 2 is 2.13 bits per heavy atom. The Bertz CT molecular complexity index is 478. The van der Waals surface area contributed by atoms with Crippen molar-refractivity contribution in [2.45, 2.75) is 45.4 Å². The number of hydrogen-bond donors (Lipinski definition) is 1. The zero-order valence-electron chi connectivity index (χ0n) is 14.3. The van der Waals surface area contributed by atoms with Gasteiger partial charge in [0.25, 0.3) is 0 Å². The van der Waals surface area contributed by atoms with Crippen LogP contribution in [0.1, 0.15) is 32.3 Å². The molecule has 1 amide bonds. The lowest BCUT2D eigenvalue weighted by Gasteiger charge is -2.32. The maximum absolute atomic E-state index is 12.5. The van der Waals surface area contributed by atoms with Gasteiger partial charge >= 0.3 is 6.09 Å². The van der Waals surface area contributed by atoms with Gasteiger partial charge in [-0.25, -0.2) is 4.79 Å². The van der Waals surface area contributed by atoms with E-state index in [0.29, 0.717) is 25.7 Å². The molecular weight excluding hydrogens is 290 g/mol. The first-order valence-corrected chi connectivity index (χ1v) is 8.53. The minimum Gasteiger partial charge on any atom is -0.445 e. The van der Waals surface area contributed by atoms with Gasteiger partial charge in [0.05, 0.1) is 0 Å². The predicted octanol–water partition coefficient (Wildman–Crippen LogP) is 2.46. The second kappa shape index (κ2) is 8.89. The van der Waals surface area contributed by atoms with Gasteiger partial charge in [-0.3, -0.25) is 4.90 Å². The van der Waals surface area contributed by atoms with E-state index in [2.05, 4.69) is 4.90 Å². The summed E-state index contributed by atoms with van der Waals surface area (Å²) in [5.74, 6) is 0. The zero-order valence-corrected chi connectivity index (χ0v) is 14.3. The van der Waals surface area contributed by atoms with Crippen LogP contribution in [-0.2, 0) is 11.3 Å². The molecule has 0 radical (unpaired) electrons. The number of likely N-dealkylation sites (tertiary alicyclic amines) is 1. The van der Waals surface area contributed by atoms with Crippen LogP contribution < -0.4 is 5.73 Å². The first-order valence-electron chi connectivity index (χ1n) is 8.53. The highest BCUT2D eigenvalue weighted by Crippen LogP contribution is 2.19. The molecule has 2 rings (SSSR count). The third-order valence-corrected chi connectivity index (χ3v) is 4.39. The van der Waals surface area contributed by atoms with Crippen LogP contribution in [0.4, 0.5) is 4.79 Å². The summed E-state index contributed by atoms with van der Waals surface area (Å²) in [6.45, 7) is 7.74. The van der Waals surface area contributed by atoms with E-state index in [4.69, 9.17) is 10.5 Å². The summed E-state index contributed by atoms with van der Waals surface area (Å²) >= 11 is 0. The molecule has 0 unspecified atom stereocenters. The number of carbonyl (C=O) groups excluding carboxylic acids is 1. The fourth-order valence-electron chi connectivity index (χ4n) is 3.09. The summed E-state index contributed by atoms with van der Waals surface area (Å²) in [5.41, 5.74) is 6.70. The highest BCUT2D eigenvalue weighted by molar-refractivity contribution is 5.68. The van der Waals surface area contributed by atoms with Crippen molar-refractivity contribution in [2.75, 3.05) is 26.2 Å². The summed E-state index contributed by atoms with van der Waals surface area (Å²) in [7, 11) is 0. The van der Waals surface area contributed by atoms with Crippen LogP contribution in [0, 0.1) is 0 Å². The number of benzene rings is 1. The van der Waals surface area contributed by atoms with E-state index in [-0.39, 0.29) is 12.1 Å². The number of amides is 1. The van der Waals surface area contributed by atoms with Gasteiger partial charge in [0.15, 0.2) is 0 Å². The van der Waals surface area contributed by atoms with Crippen molar-refractivity contribution in [3.05, 3.63) is 35.9 Å². The molecule has 1 aliphatic heterocycles. The van der Waals surface area contributed by atoms with E-state index in [9.17, 15) is 4.79 Å². The van der Waals surface area contributed by atoms with E-state index < -0.39 is 0 Å². The Balaban J connectivity index is 1.90. The molecule has 1 heterocycles. The Kier molecular flexibility index (Phi) is 6.86. The van der Waals surface area contributed by atoms with E-state index in [0.717, 1.165) is 25.1 Å². The van der Waals surface area contributed by atoms with Crippen molar-refractivity contribution in [3.8, 4) is 0 Å². The molecule has 0 aromatic heterocycles. The smallest absolute Gasteiger partial charge is 0.410 e. The molecule has 1 atom stereocenters. The zero-order chi connectivity index (χ0) is 16.7. The number of carbonyl (C=O) groups is 1. The average Bonchev–Trinajstić information content (AvgIpc) is 2.98. The molecule has 5 nitrogen and oxygen atoms in total. The lowest BCUT2D eigenvalue weighted by atomic mass is 10.2. The van der Waals surface area contributed by atoms with Gasteiger partial charge in [0.2, 0.25) is 0 Å². The second-order valence-electron chi connectivity index (χ2n) is 6.41. The molecule has 0 aliphatic carbocycles. The third-order valence-electron chi connectivity index (χ3n) is 4.39. The van der Waals surface area contributed by atoms with Gasteiger partial charge < -0.3 is 15.4 Å². The van der Waals surface area contributed by atoms with Crippen LogP contribution in [0.5, 0.6) is 0 Å². The molecule has 1 aromatic rings. The van der Waals surface area contributed by atoms with Crippen LogP contribution in [-0.4, -0.2) is 54.2 Å². The minimum absolute atomic E-state index is 0.124. The molecule has 0 spiro atoms. The van der Waals surface area contributed by atoms with Gasteiger partial charge in [0.1, 0.15) is 6.61 Å². The quantitative estimate of drug-likeness (QED) is 0.839. The highest BCUT2D eigenvalue weighted by atomic mass is 16.6. The molecule has 5 heteroatoms. The fourth-order valence-corrected chi connectivity index (χ4v) is 3.09. The molecule has 1 saturated heterocycles. The van der Waals surface area contributed by atoms with Crippen molar-refractivity contribution < 1.29 is 9.53 Å². The molecular formula is C18H29N3O2.